The van der Waals surface area contributed by atoms with Crippen LogP contribution >= 0.6 is 15.9 Å². The molecule has 0 saturated carbocycles. The molecular weight excluding hydrogens is 324 g/mol. The molecule has 1 aromatic rings. The summed E-state index contributed by atoms with van der Waals surface area (Å²) in [6, 6.07) is 10.5. The zero-order valence-corrected chi connectivity index (χ0v) is 15.4. The fourth-order valence-corrected chi connectivity index (χ4v) is 3.74. The van der Waals surface area contributed by atoms with Crippen molar-refractivity contribution in [1.29, 1.82) is 0 Å². The van der Waals surface area contributed by atoms with E-state index in [1.807, 2.05) is 0 Å². The minimum absolute atomic E-state index is 0.473. The molecule has 0 bridgehead atoms. The number of halogens is 1. The number of hydrogen-bond acceptors (Lipinski definition) is 2. The average Bonchev–Trinajstić information content (AvgIpc) is 2.52. The summed E-state index contributed by atoms with van der Waals surface area (Å²) >= 11 is 3.60. The summed E-state index contributed by atoms with van der Waals surface area (Å²) in [5.41, 5.74) is 1.41. The Labute approximate surface area is 138 Å². The lowest BCUT2D eigenvalue weighted by Crippen LogP contribution is -2.58. The number of benzene rings is 1. The van der Waals surface area contributed by atoms with Crippen LogP contribution in [0.3, 0.4) is 0 Å². The van der Waals surface area contributed by atoms with Gasteiger partial charge in [0.25, 0.3) is 0 Å². The Bertz CT molecular complexity index is 449. The lowest BCUT2D eigenvalue weighted by atomic mass is 9.92. The molecule has 1 fully saturated rings. The van der Waals surface area contributed by atoms with Gasteiger partial charge in [0.2, 0.25) is 0 Å². The van der Waals surface area contributed by atoms with E-state index in [0.29, 0.717) is 18.1 Å². The molecule has 0 amide bonds. The highest BCUT2D eigenvalue weighted by Gasteiger charge is 2.32. The Hall–Kier alpha value is -0.380. The zero-order chi connectivity index (χ0) is 15.4. The molecule has 1 aliphatic rings. The molecule has 2 rings (SSSR count). The fourth-order valence-electron chi connectivity index (χ4n) is 3.32. The molecule has 21 heavy (non-hydrogen) atoms. The second kappa shape index (κ2) is 7.75. The quantitative estimate of drug-likeness (QED) is 0.832. The van der Waals surface area contributed by atoms with Crippen molar-refractivity contribution in [2.45, 2.75) is 58.7 Å². The molecule has 1 aromatic carbocycles. The van der Waals surface area contributed by atoms with Gasteiger partial charge in [0.05, 0.1) is 0 Å². The van der Waals surface area contributed by atoms with Gasteiger partial charge in [-0.25, -0.2) is 0 Å². The van der Waals surface area contributed by atoms with Crippen LogP contribution in [-0.2, 0) is 0 Å². The third-order valence-corrected chi connectivity index (χ3v) is 5.62. The third-order valence-electron chi connectivity index (χ3n) is 5.12. The van der Waals surface area contributed by atoms with E-state index in [1.54, 1.807) is 0 Å². The van der Waals surface area contributed by atoms with E-state index >= 15 is 0 Å². The first-order valence-electron chi connectivity index (χ1n) is 8.31. The van der Waals surface area contributed by atoms with Crippen LogP contribution in [0.1, 0.15) is 52.1 Å². The minimum atomic E-state index is 0.473. The molecule has 1 N–H and O–H groups in total. The van der Waals surface area contributed by atoms with Crippen LogP contribution in [0.15, 0.2) is 28.7 Å². The summed E-state index contributed by atoms with van der Waals surface area (Å²) in [4.78, 5) is 2.70. The second-order valence-electron chi connectivity index (χ2n) is 6.39. The molecular formula is C18H29BrN2. The number of rotatable bonds is 5. The summed E-state index contributed by atoms with van der Waals surface area (Å²) in [5.74, 6) is 0.736. The van der Waals surface area contributed by atoms with Crippen molar-refractivity contribution in [3.63, 3.8) is 0 Å². The summed E-state index contributed by atoms with van der Waals surface area (Å²) < 4.78 is 1.17. The maximum absolute atomic E-state index is 3.77. The van der Waals surface area contributed by atoms with Crippen LogP contribution < -0.4 is 5.32 Å². The van der Waals surface area contributed by atoms with Crippen molar-refractivity contribution >= 4 is 15.9 Å². The van der Waals surface area contributed by atoms with Gasteiger partial charge in [-0.3, -0.25) is 4.90 Å². The van der Waals surface area contributed by atoms with Gasteiger partial charge in [-0.2, -0.15) is 0 Å². The summed E-state index contributed by atoms with van der Waals surface area (Å²) in [6.07, 6.45) is 2.45. The molecule has 1 saturated heterocycles. The molecule has 2 nitrogen and oxygen atoms in total. The summed E-state index contributed by atoms with van der Waals surface area (Å²) in [5, 5.41) is 3.77. The van der Waals surface area contributed by atoms with Crippen LogP contribution in [0.4, 0.5) is 0 Å². The Kier molecular flexibility index (Phi) is 6.27. The SMILES string of the molecule is CCC(C)C1CN(C(C)c2cccc(Br)c2)C(CC)CN1. The molecule has 0 aliphatic carbocycles. The van der Waals surface area contributed by atoms with Crippen LogP contribution in [0.2, 0.25) is 0 Å². The van der Waals surface area contributed by atoms with E-state index in [2.05, 4.69) is 78.1 Å². The summed E-state index contributed by atoms with van der Waals surface area (Å²) in [6.45, 7) is 11.6. The smallest absolute Gasteiger partial charge is 0.0324 e. The standard InChI is InChI=1S/C18H29BrN2/c1-5-13(3)18-12-21(17(6-2)11-20-18)14(4)15-8-7-9-16(19)10-15/h7-10,13-14,17-18,20H,5-6,11-12H2,1-4H3. The van der Waals surface area contributed by atoms with Crippen molar-refractivity contribution in [3.05, 3.63) is 34.3 Å². The predicted octanol–water partition coefficient (Wildman–Crippen LogP) is 4.61. The Balaban J connectivity index is 2.16. The van der Waals surface area contributed by atoms with Gasteiger partial charge in [0, 0.05) is 35.7 Å². The molecule has 0 aromatic heterocycles. The van der Waals surface area contributed by atoms with E-state index in [4.69, 9.17) is 0 Å². The maximum atomic E-state index is 3.77. The normalized spacial score (nSPS) is 26.5. The number of nitrogens with zero attached hydrogens (tertiary/aromatic N) is 1. The zero-order valence-electron chi connectivity index (χ0n) is 13.8. The highest BCUT2D eigenvalue weighted by atomic mass is 79.9. The Morgan fingerprint density at radius 1 is 1.33 bits per heavy atom. The van der Waals surface area contributed by atoms with Gasteiger partial charge < -0.3 is 5.32 Å². The van der Waals surface area contributed by atoms with Crippen LogP contribution in [0.25, 0.3) is 0 Å². The first-order valence-corrected chi connectivity index (χ1v) is 9.10. The van der Waals surface area contributed by atoms with Crippen molar-refractivity contribution in [2.24, 2.45) is 5.92 Å². The van der Waals surface area contributed by atoms with Gasteiger partial charge in [-0.15, -0.1) is 0 Å². The van der Waals surface area contributed by atoms with E-state index < -0.39 is 0 Å². The van der Waals surface area contributed by atoms with Gasteiger partial charge in [-0.05, 0) is 37.0 Å². The molecule has 1 heterocycles. The topological polar surface area (TPSA) is 15.3 Å². The fraction of sp³-hybridized carbons (Fsp3) is 0.667. The molecule has 4 atom stereocenters. The molecule has 4 unspecified atom stereocenters. The Morgan fingerprint density at radius 2 is 2.10 bits per heavy atom. The number of hydrogen-bond donors (Lipinski definition) is 1. The van der Waals surface area contributed by atoms with Gasteiger partial charge in [0.1, 0.15) is 0 Å². The Morgan fingerprint density at radius 3 is 2.71 bits per heavy atom. The van der Waals surface area contributed by atoms with Crippen molar-refractivity contribution in [3.8, 4) is 0 Å². The van der Waals surface area contributed by atoms with Crippen molar-refractivity contribution in [1.82, 2.24) is 10.2 Å². The highest BCUT2D eigenvalue weighted by Crippen LogP contribution is 2.29. The minimum Gasteiger partial charge on any atom is -0.311 e. The predicted molar refractivity (Wildman–Crippen MR) is 94.6 cm³/mol. The van der Waals surface area contributed by atoms with E-state index in [9.17, 15) is 0 Å². The third kappa shape index (κ3) is 4.08. The van der Waals surface area contributed by atoms with E-state index in [0.717, 1.165) is 19.0 Å². The van der Waals surface area contributed by atoms with Crippen LogP contribution in [0, 0.1) is 5.92 Å². The largest absolute Gasteiger partial charge is 0.311 e. The van der Waals surface area contributed by atoms with Crippen molar-refractivity contribution < 1.29 is 0 Å². The maximum Gasteiger partial charge on any atom is 0.0324 e. The average molecular weight is 353 g/mol. The monoisotopic (exact) mass is 352 g/mol. The molecule has 1 aliphatic heterocycles. The first-order chi connectivity index (χ1) is 10.1. The summed E-state index contributed by atoms with van der Waals surface area (Å²) in [7, 11) is 0. The van der Waals surface area contributed by atoms with Crippen LogP contribution in [-0.4, -0.2) is 30.1 Å². The van der Waals surface area contributed by atoms with Crippen LogP contribution in [0.5, 0.6) is 0 Å². The highest BCUT2D eigenvalue weighted by molar-refractivity contribution is 9.10. The number of piperazine rings is 1. The second-order valence-corrected chi connectivity index (χ2v) is 7.31. The number of nitrogens with one attached hydrogen (secondary N) is 1. The van der Waals surface area contributed by atoms with E-state index in [-0.39, 0.29) is 0 Å². The van der Waals surface area contributed by atoms with Gasteiger partial charge in [0.15, 0.2) is 0 Å². The molecule has 0 spiro atoms. The van der Waals surface area contributed by atoms with Gasteiger partial charge in [-0.1, -0.05) is 55.3 Å². The van der Waals surface area contributed by atoms with Crippen molar-refractivity contribution in [2.75, 3.05) is 13.1 Å². The molecule has 0 radical (unpaired) electrons. The lowest BCUT2D eigenvalue weighted by Gasteiger charge is -2.45. The van der Waals surface area contributed by atoms with Gasteiger partial charge >= 0.3 is 0 Å². The molecule has 3 heteroatoms. The van der Waals surface area contributed by atoms with E-state index in [1.165, 1.54) is 22.9 Å². The first kappa shape index (κ1) is 17.0. The lowest BCUT2D eigenvalue weighted by molar-refractivity contribution is 0.0706. The molecule has 118 valence electrons.